The SMILES string of the molecule is Cc1noc([C@H]2CCCN(C(=O)[C@H]3CCCc4ccccc43)C2)n1. The average Bonchev–Trinajstić information content (AvgIpc) is 3.07. The smallest absolute Gasteiger partial charge is 0.231 e. The number of carbonyl (C=O) groups excluding carboxylic acids is 1. The zero-order valence-corrected chi connectivity index (χ0v) is 14.1. The van der Waals surface area contributed by atoms with Crippen LogP contribution in [0.2, 0.25) is 0 Å². The molecule has 1 aliphatic carbocycles. The molecule has 2 heterocycles. The highest BCUT2D eigenvalue weighted by molar-refractivity contribution is 5.84. The van der Waals surface area contributed by atoms with Crippen molar-refractivity contribution >= 4 is 5.91 Å². The molecule has 0 unspecified atom stereocenters. The summed E-state index contributed by atoms with van der Waals surface area (Å²) in [5.41, 5.74) is 2.56. The molecule has 0 bridgehead atoms. The highest BCUT2D eigenvalue weighted by atomic mass is 16.5. The molecule has 1 aliphatic heterocycles. The van der Waals surface area contributed by atoms with E-state index in [0.29, 0.717) is 18.3 Å². The summed E-state index contributed by atoms with van der Waals surface area (Å²) in [6, 6.07) is 8.40. The number of benzene rings is 1. The summed E-state index contributed by atoms with van der Waals surface area (Å²) in [5, 5.41) is 3.89. The molecule has 126 valence electrons. The second kappa shape index (κ2) is 6.38. The molecule has 2 aliphatic rings. The van der Waals surface area contributed by atoms with E-state index in [1.54, 1.807) is 0 Å². The topological polar surface area (TPSA) is 59.2 Å². The van der Waals surface area contributed by atoms with E-state index < -0.39 is 0 Å². The average molecular weight is 325 g/mol. The number of rotatable bonds is 2. The van der Waals surface area contributed by atoms with E-state index in [1.807, 2.05) is 17.9 Å². The van der Waals surface area contributed by atoms with Crippen LogP contribution in [0.25, 0.3) is 0 Å². The van der Waals surface area contributed by atoms with E-state index in [2.05, 4.69) is 28.3 Å². The Hall–Kier alpha value is -2.17. The molecule has 0 saturated carbocycles. The number of aromatic nitrogens is 2. The van der Waals surface area contributed by atoms with Gasteiger partial charge in [0.2, 0.25) is 11.8 Å². The Kier molecular flexibility index (Phi) is 4.08. The first-order valence-corrected chi connectivity index (χ1v) is 8.89. The van der Waals surface area contributed by atoms with Crippen molar-refractivity contribution in [2.24, 2.45) is 0 Å². The highest BCUT2D eigenvalue weighted by Crippen LogP contribution is 2.35. The molecule has 5 nitrogen and oxygen atoms in total. The number of aryl methyl sites for hydroxylation is 2. The molecule has 0 spiro atoms. The molecular weight excluding hydrogens is 302 g/mol. The minimum atomic E-state index is 0.0121. The zero-order chi connectivity index (χ0) is 16.5. The largest absolute Gasteiger partial charge is 0.341 e. The van der Waals surface area contributed by atoms with E-state index >= 15 is 0 Å². The number of likely N-dealkylation sites (tertiary alicyclic amines) is 1. The number of nitrogens with zero attached hydrogens (tertiary/aromatic N) is 3. The molecule has 0 radical (unpaired) electrons. The van der Waals surface area contributed by atoms with Crippen molar-refractivity contribution in [2.75, 3.05) is 13.1 Å². The van der Waals surface area contributed by atoms with E-state index in [4.69, 9.17) is 4.52 Å². The summed E-state index contributed by atoms with van der Waals surface area (Å²) in [7, 11) is 0. The van der Waals surface area contributed by atoms with Gasteiger partial charge in [-0.3, -0.25) is 4.79 Å². The second-order valence-corrected chi connectivity index (χ2v) is 6.95. The normalized spacial score (nSPS) is 23.8. The fraction of sp³-hybridized carbons (Fsp3) is 0.526. The quantitative estimate of drug-likeness (QED) is 0.851. The van der Waals surface area contributed by atoms with Crippen molar-refractivity contribution in [1.29, 1.82) is 0 Å². The Labute approximate surface area is 142 Å². The Morgan fingerprint density at radius 1 is 1.25 bits per heavy atom. The summed E-state index contributed by atoms with van der Waals surface area (Å²) >= 11 is 0. The lowest BCUT2D eigenvalue weighted by molar-refractivity contribution is -0.134. The first-order valence-electron chi connectivity index (χ1n) is 8.89. The van der Waals surface area contributed by atoms with Gasteiger partial charge in [-0.2, -0.15) is 4.98 Å². The van der Waals surface area contributed by atoms with E-state index in [1.165, 1.54) is 11.1 Å². The first-order chi connectivity index (χ1) is 11.7. The third-order valence-electron chi connectivity index (χ3n) is 5.29. The molecule has 5 heteroatoms. The van der Waals surface area contributed by atoms with Gasteiger partial charge in [0.1, 0.15) is 0 Å². The molecule has 4 rings (SSSR count). The molecule has 1 amide bonds. The van der Waals surface area contributed by atoms with Crippen LogP contribution in [0, 0.1) is 6.92 Å². The summed E-state index contributed by atoms with van der Waals surface area (Å²) in [4.78, 5) is 19.5. The standard InChI is InChI=1S/C19H23N3O2/c1-13-20-18(24-21-13)15-8-5-11-22(12-15)19(23)17-10-4-7-14-6-2-3-9-16(14)17/h2-3,6,9,15,17H,4-5,7-8,10-12H2,1H3/t15-,17-/m0/s1. The molecule has 1 aromatic heterocycles. The van der Waals surface area contributed by atoms with Crippen LogP contribution in [0.15, 0.2) is 28.8 Å². The van der Waals surface area contributed by atoms with Crippen molar-refractivity contribution in [2.45, 2.75) is 50.9 Å². The van der Waals surface area contributed by atoms with Gasteiger partial charge in [0.15, 0.2) is 5.82 Å². The van der Waals surface area contributed by atoms with Crippen LogP contribution in [-0.4, -0.2) is 34.0 Å². The van der Waals surface area contributed by atoms with Gasteiger partial charge >= 0.3 is 0 Å². The molecule has 24 heavy (non-hydrogen) atoms. The number of hydrogen-bond donors (Lipinski definition) is 0. The van der Waals surface area contributed by atoms with Gasteiger partial charge in [-0.05, 0) is 50.2 Å². The summed E-state index contributed by atoms with van der Waals surface area (Å²) in [6.07, 6.45) is 5.13. The van der Waals surface area contributed by atoms with E-state index in [9.17, 15) is 4.79 Å². The van der Waals surface area contributed by atoms with Crippen LogP contribution in [0.3, 0.4) is 0 Å². The van der Waals surface area contributed by atoms with Crippen LogP contribution < -0.4 is 0 Å². The Morgan fingerprint density at radius 3 is 2.96 bits per heavy atom. The number of fused-ring (bicyclic) bond motifs is 1. The van der Waals surface area contributed by atoms with Crippen molar-refractivity contribution in [3.8, 4) is 0 Å². The number of amides is 1. The molecule has 1 saturated heterocycles. The van der Waals surface area contributed by atoms with Gasteiger partial charge in [0.05, 0.1) is 11.8 Å². The third-order valence-corrected chi connectivity index (χ3v) is 5.29. The van der Waals surface area contributed by atoms with Gasteiger partial charge in [-0.25, -0.2) is 0 Å². The fourth-order valence-corrected chi connectivity index (χ4v) is 4.09. The molecular formula is C19H23N3O2. The predicted molar refractivity (Wildman–Crippen MR) is 89.7 cm³/mol. The summed E-state index contributed by atoms with van der Waals surface area (Å²) in [5.74, 6) is 1.78. The predicted octanol–water partition coefficient (Wildman–Crippen LogP) is 3.20. The van der Waals surface area contributed by atoms with Gasteiger partial charge in [-0.1, -0.05) is 29.4 Å². The van der Waals surface area contributed by atoms with E-state index in [-0.39, 0.29) is 17.7 Å². The van der Waals surface area contributed by atoms with Crippen LogP contribution in [0.5, 0.6) is 0 Å². The number of hydrogen-bond acceptors (Lipinski definition) is 4. The maximum atomic E-state index is 13.2. The van der Waals surface area contributed by atoms with Crippen LogP contribution >= 0.6 is 0 Å². The van der Waals surface area contributed by atoms with Gasteiger partial charge in [-0.15, -0.1) is 0 Å². The summed E-state index contributed by atoms with van der Waals surface area (Å²) < 4.78 is 5.33. The monoisotopic (exact) mass is 325 g/mol. The summed E-state index contributed by atoms with van der Waals surface area (Å²) in [6.45, 7) is 3.36. The van der Waals surface area contributed by atoms with Crippen LogP contribution in [-0.2, 0) is 11.2 Å². The third kappa shape index (κ3) is 2.83. The minimum Gasteiger partial charge on any atom is -0.341 e. The second-order valence-electron chi connectivity index (χ2n) is 6.95. The lowest BCUT2D eigenvalue weighted by Gasteiger charge is -2.35. The first kappa shape index (κ1) is 15.4. The lowest BCUT2D eigenvalue weighted by atomic mass is 9.81. The Bertz CT molecular complexity index is 740. The Morgan fingerprint density at radius 2 is 2.12 bits per heavy atom. The zero-order valence-electron chi connectivity index (χ0n) is 14.1. The van der Waals surface area contributed by atoms with Gasteiger partial charge < -0.3 is 9.42 Å². The van der Waals surface area contributed by atoms with Crippen LogP contribution in [0.4, 0.5) is 0 Å². The lowest BCUT2D eigenvalue weighted by Crippen LogP contribution is -2.42. The highest BCUT2D eigenvalue weighted by Gasteiger charge is 2.34. The number of piperidine rings is 1. The van der Waals surface area contributed by atoms with Crippen LogP contribution in [0.1, 0.15) is 60.4 Å². The van der Waals surface area contributed by atoms with E-state index in [0.717, 1.165) is 38.6 Å². The molecule has 1 fully saturated rings. The maximum absolute atomic E-state index is 13.2. The maximum Gasteiger partial charge on any atom is 0.231 e. The van der Waals surface area contributed by atoms with Crippen molar-refractivity contribution in [1.82, 2.24) is 15.0 Å². The minimum absolute atomic E-state index is 0.0121. The fourth-order valence-electron chi connectivity index (χ4n) is 4.09. The molecule has 1 aromatic carbocycles. The molecule has 0 N–H and O–H groups in total. The number of carbonyl (C=O) groups is 1. The molecule has 2 aromatic rings. The van der Waals surface area contributed by atoms with Gasteiger partial charge in [0, 0.05) is 13.1 Å². The molecule has 2 atom stereocenters. The van der Waals surface area contributed by atoms with Crippen molar-refractivity contribution in [3.63, 3.8) is 0 Å². The van der Waals surface area contributed by atoms with Gasteiger partial charge in [0.25, 0.3) is 0 Å². The van der Waals surface area contributed by atoms with Crippen molar-refractivity contribution in [3.05, 3.63) is 47.1 Å². The van der Waals surface area contributed by atoms with Crippen molar-refractivity contribution < 1.29 is 9.32 Å². The Balaban J connectivity index is 1.52.